The second-order valence-electron chi connectivity index (χ2n) is 6.43. The summed E-state index contributed by atoms with van der Waals surface area (Å²) in [5.41, 5.74) is 5.59. The van der Waals surface area contributed by atoms with Crippen LogP contribution in [-0.2, 0) is 9.53 Å². The van der Waals surface area contributed by atoms with Gasteiger partial charge in [0.25, 0.3) is 0 Å². The van der Waals surface area contributed by atoms with Gasteiger partial charge in [0.15, 0.2) is 0 Å². The van der Waals surface area contributed by atoms with Crippen molar-refractivity contribution >= 4 is 5.97 Å². The molecule has 0 aromatic heterocycles. The van der Waals surface area contributed by atoms with E-state index >= 15 is 0 Å². The fourth-order valence-corrected chi connectivity index (χ4v) is 2.46. The average Bonchev–Trinajstić information content (AvgIpc) is 2.40. The molecule has 0 spiro atoms. The number of hydrogen-bond acceptors (Lipinski definition) is 4. The molecule has 0 radical (unpaired) electrons. The molecule has 0 saturated carbocycles. The van der Waals surface area contributed by atoms with E-state index < -0.39 is 5.54 Å². The first-order valence-corrected chi connectivity index (χ1v) is 6.95. The standard InChI is InChI=1S/C14H28N2O2/c1-5-18-12(17)14(4,15)11-16-9-6-7-13(2,3)8-10-16/h5-11,15H2,1-4H3. The van der Waals surface area contributed by atoms with E-state index in [-0.39, 0.29) is 5.97 Å². The fraction of sp³-hybridized carbons (Fsp3) is 0.929. The van der Waals surface area contributed by atoms with Gasteiger partial charge in [-0.2, -0.15) is 0 Å². The molecule has 106 valence electrons. The smallest absolute Gasteiger partial charge is 0.327 e. The van der Waals surface area contributed by atoms with E-state index in [2.05, 4.69) is 18.7 Å². The molecule has 0 bridgehead atoms. The van der Waals surface area contributed by atoms with Crippen molar-refractivity contribution in [3.05, 3.63) is 0 Å². The van der Waals surface area contributed by atoms with Crippen molar-refractivity contribution in [1.82, 2.24) is 4.90 Å². The van der Waals surface area contributed by atoms with Crippen LogP contribution in [0.5, 0.6) is 0 Å². The van der Waals surface area contributed by atoms with Crippen molar-refractivity contribution < 1.29 is 9.53 Å². The fourth-order valence-electron chi connectivity index (χ4n) is 2.46. The second-order valence-corrected chi connectivity index (χ2v) is 6.43. The molecule has 1 saturated heterocycles. The molecular weight excluding hydrogens is 228 g/mol. The van der Waals surface area contributed by atoms with Gasteiger partial charge >= 0.3 is 5.97 Å². The van der Waals surface area contributed by atoms with Crippen molar-refractivity contribution in [2.75, 3.05) is 26.2 Å². The third-order valence-corrected chi connectivity index (χ3v) is 3.73. The summed E-state index contributed by atoms with van der Waals surface area (Å²) in [4.78, 5) is 14.1. The molecule has 0 amide bonds. The SMILES string of the molecule is CCOC(=O)C(C)(N)CN1CCCC(C)(C)CC1. The highest BCUT2D eigenvalue weighted by Crippen LogP contribution is 2.30. The first kappa shape index (κ1) is 15.4. The number of ether oxygens (including phenoxy) is 1. The van der Waals surface area contributed by atoms with Crippen LogP contribution in [0.4, 0.5) is 0 Å². The highest BCUT2D eigenvalue weighted by molar-refractivity contribution is 5.80. The van der Waals surface area contributed by atoms with Crippen LogP contribution in [0, 0.1) is 5.41 Å². The van der Waals surface area contributed by atoms with Crippen molar-refractivity contribution in [2.45, 2.75) is 52.5 Å². The summed E-state index contributed by atoms with van der Waals surface area (Å²) in [6.45, 7) is 11.2. The minimum absolute atomic E-state index is 0.298. The van der Waals surface area contributed by atoms with Gasteiger partial charge in [-0.05, 0) is 51.6 Å². The van der Waals surface area contributed by atoms with E-state index in [0.717, 1.165) is 19.5 Å². The maximum absolute atomic E-state index is 11.8. The minimum Gasteiger partial charge on any atom is -0.465 e. The molecule has 0 aromatic carbocycles. The third kappa shape index (κ3) is 4.58. The molecule has 2 N–H and O–H groups in total. The van der Waals surface area contributed by atoms with Gasteiger partial charge in [0.05, 0.1) is 6.61 Å². The minimum atomic E-state index is -0.898. The maximum atomic E-state index is 11.8. The molecule has 1 heterocycles. The average molecular weight is 256 g/mol. The lowest BCUT2D eigenvalue weighted by atomic mass is 9.85. The van der Waals surface area contributed by atoms with Crippen molar-refractivity contribution in [2.24, 2.45) is 11.1 Å². The monoisotopic (exact) mass is 256 g/mol. The second kappa shape index (κ2) is 6.02. The van der Waals surface area contributed by atoms with Crippen LogP contribution in [0.1, 0.15) is 47.0 Å². The Morgan fingerprint density at radius 1 is 1.39 bits per heavy atom. The van der Waals surface area contributed by atoms with Crippen molar-refractivity contribution in [3.63, 3.8) is 0 Å². The molecule has 1 aliphatic heterocycles. The molecule has 1 rings (SSSR count). The van der Waals surface area contributed by atoms with E-state index in [1.807, 2.05) is 6.92 Å². The highest BCUT2D eigenvalue weighted by Gasteiger charge is 2.33. The van der Waals surface area contributed by atoms with Gasteiger partial charge in [-0.3, -0.25) is 4.79 Å². The maximum Gasteiger partial charge on any atom is 0.327 e. The Hall–Kier alpha value is -0.610. The van der Waals surface area contributed by atoms with Gasteiger partial charge in [0, 0.05) is 6.54 Å². The third-order valence-electron chi connectivity index (χ3n) is 3.73. The molecule has 1 atom stereocenters. The van der Waals surface area contributed by atoms with Gasteiger partial charge in [0.2, 0.25) is 0 Å². The summed E-state index contributed by atoms with van der Waals surface area (Å²) in [5.74, 6) is -0.298. The molecule has 0 aromatic rings. The summed E-state index contributed by atoms with van der Waals surface area (Å²) in [6, 6.07) is 0. The molecule has 1 aliphatic rings. The van der Waals surface area contributed by atoms with Gasteiger partial charge in [-0.25, -0.2) is 0 Å². The number of hydrogen-bond donors (Lipinski definition) is 1. The summed E-state index contributed by atoms with van der Waals surface area (Å²) < 4.78 is 5.03. The number of rotatable bonds is 4. The zero-order chi connectivity index (χ0) is 13.8. The topological polar surface area (TPSA) is 55.6 Å². The Morgan fingerprint density at radius 2 is 2.06 bits per heavy atom. The number of likely N-dealkylation sites (tertiary alicyclic amines) is 1. The van der Waals surface area contributed by atoms with Gasteiger partial charge in [-0.1, -0.05) is 13.8 Å². The van der Waals surface area contributed by atoms with Gasteiger partial charge < -0.3 is 15.4 Å². The van der Waals surface area contributed by atoms with E-state index in [4.69, 9.17) is 10.5 Å². The molecule has 1 unspecified atom stereocenters. The Balaban J connectivity index is 2.53. The molecule has 18 heavy (non-hydrogen) atoms. The van der Waals surface area contributed by atoms with Crippen LogP contribution in [0.25, 0.3) is 0 Å². The van der Waals surface area contributed by atoms with Crippen LogP contribution in [0.3, 0.4) is 0 Å². The zero-order valence-electron chi connectivity index (χ0n) is 12.3. The van der Waals surface area contributed by atoms with Crippen LogP contribution in [-0.4, -0.2) is 42.6 Å². The van der Waals surface area contributed by atoms with Crippen molar-refractivity contribution in [3.8, 4) is 0 Å². The Labute approximate surface area is 111 Å². The lowest BCUT2D eigenvalue weighted by molar-refractivity contribution is -0.149. The number of nitrogens with zero attached hydrogens (tertiary/aromatic N) is 1. The van der Waals surface area contributed by atoms with Crippen LogP contribution >= 0.6 is 0 Å². The van der Waals surface area contributed by atoms with E-state index in [1.54, 1.807) is 6.92 Å². The number of carbonyl (C=O) groups is 1. The normalized spacial score (nSPS) is 24.1. The lowest BCUT2D eigenvalue weighted by Crippen LogP contribution is -2.54. The summed E-state index contributed by atoms with van der Waals surface area (Å²) in [5, 5.41) is 0. The Morgan fingerprint density at radius 3 is 2.67 bits per heavy atom. The summed E-state index contributed by atoms with van der Waals surface area (Å²) in [6.07, 6.45) is 3.57. The lowest BCUT2D eigenvalue weighted by Gasteiger charge is -2.30. The molecule has 1 fully saturated rings. The number of nitrogens with two attached hydrogens (primary N) is 1. The quantitative estimate of drug-likeness (QED) is 0.779. The van der Waals surface area contributed by atoms with Gasteiger partial charge in [-0.15, -0.1) is 0 Å². The molecule has 0 aliphatic carbocycles. The largest absolute Gasteiger partial charge is 0.465 e. The zero-order valence-corrected chi connectivity index (χ0v) is 12.3. The number of esters is 1. The molecule has 4 heteroatoms. The summed E-state index contributed by atoms with van der Waals surface area (Å²) >= 11 is 0. The van der Waals surface area contributed by atoms with E-state index in [0.29, 0.717) is 18.6 Å². The highest BCUT2D eigenvalue weighted by atomic mass is 16.5. The van der Waals surface area contributed by atoms with Crippen molar-refractivity contribution in [1.29, 1.82) is 0 Å². The Kier molecular flexibility index (Phi) is 5.17. The predicted molar refractivity (Wildman–Crippen MR) is 73.3 cm³/mol. The first-order chi connectivity index (χ1) is 8.27. The Bertz CT molecular complexity index is 288. The molecule has 4 nitrogen and oxygen atoms in total. The number of carbonyl (C=O) groups excluding carboxylic acids is 1. The van der Waals surface area contributed by atoms with Gasteiger partial charge in [0.1, 0.15) is 5.54 Å². The van der Waals surface area contributed by atoms with Crippen LogP contribution in [0.15, 0.2) is 0 Å². The first-order valence-electron chi connectivity index (χ1n) is 6.95. The van der Waals surface area contributed by atoms with Crippen LogP contribution in [0.2, 0.25) is 0 Å². The van der Waals surface area contributed by atoms with E-state index in [9.17, 15) is 4.79 Å². The molecular formula is C14H28N2O2. The van der Waals surface area contributed by atoms with Crippen LogP contribution < -0.4 is 5.73 Å². The van der Waals surface area contributed by atoms with E-state index in [1.165, 1.54) is 12.8 Å². The summed E-state index contributed by atoms with van der Waals surface area (Å²) in [7, 11) is 0. The predicted octanol–water partition coefficient (Wildman–Crippen LogP) is 1.78.